The topological polar surface area (TPSA) is 49.4 Å². The highest BCUT2D eigenvalue weighted by atomic mass is 19.4. The van der Waals surface area contributed by atoms with Crippen LogP contribution < -0.4 is 5.32 Å². The average molecular weight is 326 g/mol. The second-order valence-electron chi connectivity index (χ2n) is 6.01. The van der Waals surface area contributed by atoms with E-state index in [-0.39, 0.29) is 17.5 Å². The van der Waals surface area contributed by atoms with Gasteiger partial charge in [0.15, 0.2) is 0 Å². The zero-order valence-electron chi connectivity index (χ0n) is 12.4. The number of hydrogen-bond acceptors (Lipinski definition) is 2. The van der Waals surface area contributed by atoms with Gasteiger partial charge < -0.3 is 10.2 Å². The maximum Gasteiger partial charge on any atom is 0.416 e. The van der Waals surface area contributed by atoms with Crippen LogP contribution in [-0.4, -0.2) is 35.3 Å². The van der Waals surface area contributed by atoms with E-state index >= 15 is 0 Å². The molecule has 1 aliphatic heterocycles. The molecule has 2 amide bonds. The van der Waals surface area contributed by atoms with Crippen LogP contribution in [0.1, 0.15) is 41.6 Å². The highest BCUT2D eigenvalue weighted by Crippen LogP contribution is 2.30. The fourth-order valence-electron chi connectivity index (χ4n) is 2.78. The minimum atomic E-state index is -4.43. The quantitative estimate of drug-likeness (QED) is 0.928. The van der Waals surface area contributed by atoms with Crippen LogP contribution in [0, 0.1) is 0 Å². The highest BCUT2D eigenvalue weighted by Gasteiger charge is 2.37. The molecule has 1 saturated heterocycles. The molecule has 1 saturated carbocycles. The van der Waals surface area contributed by atoms with E-state index in [0.717, 1.165) is 31.4 Å². The molecule has 1 unspecified atom stereocenters. The van der Waals surface area contributed by atoms with Gasteiger partial charge in [-0.3, -0.25) is 9.59 Å². The molecule has 1 aromatic carbocycles. The Bertz CT molecular complexity index is 609. The van der Waals surface area contributed by atoms with Crippen molar-refractivity contribution in [2.24, 2.45) is 0 Å². The normalized spacial score (nSPS) is 21.3. The van der Waals surface area contributed by atoms with Crippen molar-refractivity contribution in [1.82, 2.24) is 10.2 Å². The number of carbonyl (C=O) groups excluding carboxylic acids is 2. The van der Waals surface area contributed by atoms with Crippen LogP contribution in [0.15, 0.2) is 24.3 Å². The van der Waals surface area contributed by atoms with E-state index in [0.29, 0.717) is 13.0 Å². The number of nitrogens with one attached hydrogen (secondary N) is 1. The Morgan fingerprint density at radius 2 is 1.74 bits per heavy atom. The molecular weight excluding hydrogens is 309 g/mol. The van der Waals surface area contributed by atoms with E-state index < -0.39 is 23.7 Å². The minimum Gasteiger partial charge on any atom is -0.352 e. The van der Waals surface area contributed by atoms with E-state index in [4.69, 9.17) is 0 Å². The molecule has 1 aromatic rings. The monoisotopic (exact) mass is 326 g/mol. The summed E-state index contributed by atoms with van der Waals surface area (Å²) in [6.07, 6.45) is -1.20. The molecule has 2 aliphatic rings. The van der Waals surface area contributed by atoms with Gasteiger partial charge in [0.2, 0.25) is 5.91 Å². The average Bonchev–Trinajstić information content (AvgIpc) is 3.17. The molecule has 1 heterocycles. The number of amides is 2. The third-order valence-corrected chi connectivity index (χ3v) is 4.20. The highest BCUT2D eigenvalue weighted by molar-refractivity contribution is 5.98. The van der Waals surface area contributed by atoms with E-state index in [1.807, 2.05) is 0 Å². The van der Waals surface area contributed by atoms with Crippen molar-refractivity contribution in [3.8, 4) is 0 Å². The molecule has 0 radical (unpaired) electrons. The lowest BCUT2D eigenvalue weighted by atomic mass is 10.1. The molecule has 0 bridgehead atoms. The first-order valence-corrected chi connectivity index (χ1v) is 7.65. The van der Waals surface area contributed by atoms with Crippen molar-refractivity contribution in [1.29, 1.82) is 0 Å². The van der Waals surface area contributed by atoms with Crippen molar-refractivity contribution in [2.45, 2.75) is 43.9 Å². The van der Waals surface area contributed by atoms with Crippen LogP contribution in [0.3, 0.4) is 0 Å². The Hall–Kier alpha value is -2.05. The van der Waals surface area contributed by atoms with Gasteiger partial charge in [-0.2, -0.15) is 13.2 Å². The van der Waals surface area contributed by atoms with E-state index in [2.05, 4.69) is 5.32 Å². The first-order valence-electron chi connectivity index (χ1n) is 7.65. The summed E-state index contributed by atoms with van der Waals surface area (Å²) in [4.78, 5) is 26.1. The number of nitrogens with zero attached hydrogens (tertiary/aromatic N) is 1. The largest absolute Gasteiger partial charge is 0.416 e. The number of benzene rings is 1. The third-order valence-electron chi connectivity index (χ3n) is 4.20. The minimum absolute atomic E-state index is 0.162. The molecule has 0 spiro atoms. The summed E-state index contributed by atoms with van der Waals surface area (Å²) in [5.74, 6) is -0.558. The summed E-state index contributed by atoms with van der Waals surface area (Å²) in [6.45, 7) is 0.447. The van der Waals surface area contributed by atoms with Crippen molar-refractivity contribution in [3.63, 3.8) is 0 Å². The summed E-state index contributed by atoms with van der Waals surface area (Å²) in [5.41, 5.74) is -0.623. The Balaban J connectivity index is 1.72. The smallest absolute Gasteiger partial charge is 0.352 e. The Morgan fingerprint density at radius 1 is 1.09 bits per heavy atom. The third kappa shape index (κ3) is 3.48. The number of halogens is 3. The number of likely N-dealkylation sites (tertiary alicyclic amines) is 1. The lowest BCUT2D eigenvalue weighted by Crippen LogP contribution is -2.46. The van der Waals surface area contributed by atoms with Crippen molar-refractivity contribution < 1.29 is 22.8 Å². The van der Waals surface area contributed by atoms with Crippen LogP contribution >= 0.6 is 0 Å². The predicted octanol–water partition coefficient (Wildman–Crippen LogP) is 2.59. The van der Waals surface area contributed by atoms with Gasteiger partial charge in [-0.05, 0) is 49.9 Å². The fraction of sp³-hybridized carbons (Fsp3) is 0.500. The van der Waals surface area contributed by atoms with Gasteiger partial charge >= 0.3 is 6.18 Å². The molecule has 3 rings (SSSR count). The number of hydrogen-bond donors (Lipinski definition) is 1. The predicted molar refractivity (Wildman–Crippen MR) is 76.7 cm³/mol. The van der Waals surface area contributed by atoms with Crippen LogP contribution in [0.25, 0.3) is 0 Å². The molecule has 1 atom stereocenters. The Kier molecular flexibility index (Phi) is 4.04. The van der Waals surface area contributed by atoms with E-state index in [1.165, 1.54) is 17.0 Å². The first kappa shape index (κ1) is 15.8. The number of carbonyl (C=O) groups is 2. The second kappa shape index (κ2) is 5.86. The summed E-state index contributed by atoms with van der Waals surface area (Å²) in [6, 6.07) is 3.81. The molecule has 0 aromatic heterocycles. The fourth-order valence-corrected chi connectivity index (χ4v) is 2.78. The van der Waals surface area contributed by atoms with Gasteiger partial charge in [0, 0.05) is 18.2 Å². The van der Waals surface area contributed by atoms with Crippen molar-refractivity contribution >= 4 is 11.8 Å². The molecular formula is C16H17F3N2O2. The molecule has 7 heteroatoms. The van der Waals surface area contributed by atoms with Crippen LogP contribution in [0.5, 0.6) is 0 Å². The molecule has 124 valence electrons. The second-order valence-corrected chi connectivity index (χ2v) is 6.01. The van der Waals surface area contributed by atoms with Crippen molar-refractivity contribution in [2.75, 3.05) is 6.54 Å². The molecule has 23 heavy (non-hydrogen) atoms. The Morgan fingerprint density at radius 3 is 2.30 bits per heavy atom. The lowest BCUT2D eigenvalue weighted by Gasteiger charge is -2.24. The van der Waals surface area contributed by atoms with Gasteiger partial charge in [-0.15, -0.1) is 0 Å². The zero-order valence-corrected chi connectivity index (χ0v) is 12.4. The maximum atomic E-state index is 12.6. The lowest BCUT2D eigenvalue weighted by molar-refractivity contribution is -0.137. The van der Waals surface area contributed by atoms with Crippen LogP contribution in [0.4, 0.5) is 13.2 Å². The molecule has 2 fully saturated rings. The van der Waals surface area contributed by atoms with Crippen molar-refractivity contribution in [3.05, 3.63) is 35.4 Å². The number of alkyl halides is 3. The standard InChI is InChI=1S/C16H17F3N2O2/c17-16(18,19)11-5-3-10(4-6-11)15(23)21-9-1-2-13(21)14(22)20-12-7-8-12/h3-6,12-13H,1-2,7-9H2,(H,20,22). The van der Waals surface area contributed by atoms with Crippen LogP contribution in [0.2, 0.25) is 0 Å². The van der Waals surface area contributed by atoms with E-state index in [1.54, 1.807) is 0 Å². The van der Waals surface area contributed by atoms with E-state index in [9.17, 15) is 22.8 Å². The molecule has 1 N–H and O–H groups in total. The molecule has 1 aliphatic carbocycles. The van der Waals surface area contributed by atoms with Gasteiger partial charge in [0.25, 0.3) is 5.91 Å². The first-order chi connectivity index (χ1) is 10.9. The van der Waals surface area contributed by atoms with Gasteiger partial charge in [0.05, 0.1) is 5.56 Å². The zero-order chi connectivity index (χ0) is 16.6. The van der Waals surface area contributed by atoms with Gasteiger partial charge in [-0.1, -0.05) is 0 Å². The molecule has 4 nitrogen and oxygen atoms in total. The Labute approximate surface area is 131 Å². The summed E-state index contributed by atoms with van der Waals surface area (Å²) >= 11 is 0. The van der Waals surface area contributed by atoms with Gasteiger partial charge in [-0.25, -0.2) is 0 Å². The maximum absolute atomic E-state index is 12.6. The summed E-state index contributed by atoms with van der Waals surface area (Å²) in [5, 5.41) is 2.88. The van der Waals surface area contributed by atoms with Crippen LogP contribution in [-0.2, 0) is 11.0 Å². The van der Waals surface area contributed by atoms with Gasteiger partial charge in [0.1, 0.15) is 6.04 Å². The SMILES string of the molecule is O=C(NC1CC1)C1CCCN1C(=O)c1ccc(C(F)(F)F)cc1. The summed E-state index contributed by atoms with van der Waals surface area (Å²) < 4.78 is 37.7. The summed E-state index contributed by atoms with van der Waals surface area (Å²) in [7, 11) is 0. The number of rotatable bonds is 3.